The molecule has 0 aliphatic carbocycles. The molecule has 5 nitrogen and oxygen atoms in total. The normalized spacial score (nSPS) is 11.5. The van der Waals surface area contributed by atoms with Crippen molar-refractivity contribution in [3.05, 3.63) is 95.0 Å². The molecule has 0 aliphatic rings. The van der Waals surface area contributed by atoms with Gasteiger partial charge in [0.2, 0.25) is 0 Å². The summed E-state index contributed by atoms with van der Waals surface area (Å²) in [6, 6.07) is 23.5. The first kappa shape index (κ1) is 20.6. The number of ether oxygens (including phenoxy) is 1. The fourth-order valence-corrected chi connectivity index (χ4v) is 2.82. The van der Waals surface area contributed by atoms with Gasteiger partial charge in [-0.05, 0) is 42.8 Å². The van der Waals surface area contributed by atoms with E-state index in [1.54, 1.807) is 37.3 Å². The van der Waals surface area contributed by atoms with E-state index in [0.717, 1.165) is 5.56 Å². The van der Waals surface area contributed by atoms with Crippen molar-refractivity contribution < 1.29 is 14.3 Å². The lowest BCUT2D eigenvalue weighted by atomic mass is 10.1. The second-order valence-corrected chi connectivity index (χ2v) is 6.85. The van der Waals surface area contributed by atoms with Crippen LogP contribution in [-0.4, -0.2) is 17.9 Å². The van der Waals surface area contributed by atoms with E-state index in [1.165, 1.54) is 0 Å². The molecular formula is C23H21ClN2O3. The molecular weight excluding hydrogens is 388 g/mol. The van der Waals surface area contributed by atoms with Crippen LogP contribution < -0.4 is 10.6 Å². The standard InChI is InChI=1S/C23H21ClN2O3/c1-16(29-15-17-8-4-2-5-9-17)22(27)26-19-12-13-21(24)20(14-19)23(28)25-18-10-6-3-7-11-18/h2-14,16H,15H2,1H3,(H,25,28)(H,26,27). The quantitative estimate of drug-likeness (QED) is 0.569. The average Bonchev–Trinajstić information content (AvgIpc) is 2.74. The van der Waals surface area contributed by atoms with Crippen LogP contribution in [0.2, 0.25) is 5.02 Å². The predicted molar refractivity (Wildman–Crippen MR) is 115 cm³/mol. The SMILES string of the molecule is CC(OCc1ccccc1)C(=O)Nc1ccc(Cl)c(C(=O)Nc2ccccc2)c1. The van der Waals surface area contributed by atoms with E-state index < -0.39 is 6.10 Å². The number of halogens is 1. The van der Waals surface area contributed by atoms with Crippen molar-refractivity contribution in [2.45, 2.75) is 19.6 Å². The van der Waals surface area contributed by atoms with Crippen molar-refractivity contribution in [2.24, 2.45) is 0 Å². The van der Waals surface area contributed by atoms with Gasteiger partial charge in [0.1, 0.15) is 6.10 Å². The van der Waals surface area contributed by atoms with E-state index in [1.807, 2.05) is 48.5 Å². The number of hydrogen-bond acceptors (Lipinski definition) is 3. The second kappa shape index (κ2) is 9.87. The summed E-state index contributed by atoms with van der Waals surface area (Å²) in [5, 5.41) is 5.84. The first-order chi connectivity index (χ1) is 14.0. The summed E-state index contributed by atoms with van der Waals surface area (Å²) >= 11 is 6.18. The van der Waals surface area contributed by atoms with Gasteiger partial charge in [0.25, 0.3) is 11.8 Å². The van der Waals surface area contributed by atoms with Gasteiger partial charge in [0.15, 0.2) is 0 Å². The number of rotatable bonds is 7. The van der Waals surface area contributed by atoms with E-state index in [9.17, 15) is 9.59 Å². The lowest BCUT2D eigenvalue weighted by Crippen LogP contribution is -2.27. The number of para-hydroxylation sites is 1. The summed E-state index contributed by atoms with van der Waals surface area (Å²) in [5.74, 6) is -0.664. The van der Waals surface area contributed by atoms with Crippen molar-refractivity contribution >= 4 is 34.8 Å². The molecule has 0 heterocycles. The fourth-order valence-electron chi connectivity index (χ4n) is 2.61. The molecule has 0 bridgehead atoms. The molecule has 0 saturated heterocycles. The maximum Gasteiger partial charge on any atom is 0.257 e. The molecule has 29 heavy (non-hydrogen) atoms. The Hall–Kier alpha value is -3.15. The molecule has 0 fully saturated rings. The van der Waals surface area contributed by atoms with Gasteiger partial charge in [-0.3, -0.25) is 9.59 Å². The molecule has 3 rings (SSSR count). The number of hydrogen-bond donors (Lipinski definition) is 2. The van der Waals surface area contributed by atoms with Crippen molar-refractivity contribution in [1.82, 2.24) is 0 Å². The first-order valence-electron chi connectivity index (χ1n) is 9.15. The molecule has 0 radical (unpaired) electrons. The molecule has 3 aromatic rings. The molecule has 2 N–H and O–H groups in total. The Balaban J connectivity index is 1.62. The minimum atomic E-state index is -0.660. The predicted octanol–water partition coefficient (Wildman–Crippen LogP) is 5.14. The Morgan fingerprint density at radius 2 is 1.55 bits per heavy atom. The molecule has 3 aromatic carbocycles. The van der Waals surface area contributed by atoms with Crippen LogP contribution in [-0.2, 0) is 16.1 Å². The maximum atomic E-state index is 12.5. The second-order valence-electron chi connectivity index (χ2n) is 6.44. The zero-order valence-corrected chi connectivity index (χ0v) is 16.6. The highest BCUT2D eigenvalue weighted by Gasteiger charge is 2.16. The van der Waals surface area contributed by atoms with Gasteiger partial charge in [0.05, 0.1) is 17.2 Å². The van der Waals surface area contributed by atoms with E-state index in [2.05, 4.69) is 10.6 Å². The number of amides is 2. The smallest absolute Gasteiger partial charge is 0.257 e. The molecule has 0 aliphatic heterocycles. The van der Waals surface area contributed by atoms with Crippen LogP contribution in [0.1, 0.15) is 22.8 Å². The van der Waals surface area contributed by atoms with Crippen LogP contribution in [0.3, 0.4) is 0 Å². The number of carbonyl (C=O) groups is 2. The van der Waals surface area contributed by atoms with Crippen molar-refractivity contribution in [3.63, 3.8) is 0 Å². The Labute approximate surface area is 174 Å². The third-order valence-electron chi connectivity index (χ3n) is 4.22. The molecule has 2 amide bonds. The van der Waals surface area contributed by atoms with Gasteiger partial charge >= 0.3 is 0 Å². The van der Waals surface area contributed by atoms with Crippen LogP contribution >= 0.6 is 11.6 Å². The van der Waals surface area contributed by atoms with Crippen LogP contribution in [0.5, 0.6) is 0 Å². The van der Waals surface area contributed by atoms with Crippen LogP contribution in [0.15, 0.2) is 78.9 Å². The van der Waals surface area contributed by atoms with Gasteiger partial charge in [-0.15, -0.1) is 0 Å². The highest BCUT2D eigenvalue weighted by atomic mass is 35.5. The lowest BCUT2D eigenvalue weighted by molar-refractivity contribution is -0.127. The summed E-state index contributed by atoms with van der Waals surface area (Å²) in [7, 11) is 0. The maximum absolute atomic E-state index is 12.5. The van der Waals surface area contributed by atoms with E-state index in [0.29, 0.717) is 23.0 Å². The zero-order chi connectivity index (χ0) is 20.6. The van der Waals surface area contributed by atoms with E-state index in [-0.39, 0.29) is 17.4 Å². The first-order valence-corrected chi connectivity index (χ1v) is 9.53. The van der Waals surface area contributed by atoms with Crippen LogP contribution in [0, 0.1) is 0 Å². The average molecular weight is 409 g/mol. The minimum Gasteiger partial charge on any atom is -0.364 e. The minimum absolute atomic E-state index is 0.270. The van der Waals surface area contributed by atoms with Gasteiger partial charge in [-0.1, -0.05) is 60.1 Å². The number of anilines is 2. The molecule has 1 atom stereocenters. The topological polar surface area (TPSA) is 67.4 Å². The van der Waals surface area contributed by atoms with Crippen molar-refractivity contribution in [1.29, 1.82) is 0 Å². The largest absolute Gasteiger partial charge is 0.364 e. The summed E-state index contributed by atoms with van der Waals surface area (Å²) in [6.45, 7) is 2.01. The third-order valence-corrected chi connectivity index (χ3v) is 4.55. The Morgan fingerprint density at radius 1 is 0.897 bits per heavy atom. The van der Waals surface area contributed by atoms with Crippen LogP contribution in [0.4, 0.5) is 11.4 Å². The summed E-state index contributed by atoms with van der Waals surface area (Å²) in [4.78, 5) is 25.0. The summed E-state index contributed by atoms with van der Waals surface area (Å²) in [5.41, 5.74) is 2.38. The summed E-state index contributed by atoms with van der Waals surface area (Å²) < 4.78 is 5.63. The molecule has 1 unspecified atom stereocenters. The Bertz CT molecular complexity index is 978. The van der Waals surface area contributed by atoms with Crippen LogP contribution in [0.25, 0.3) is 0 Å². The zero-order valence-electron chi connectivity index (χ0n) is 15.9. The highest BCUT2D eigenvalue weighted by molar-refractivity contribution is 6.34. The van der Waals surface area contributed by atoms with E-state index >= 15 is 0 Å². The number of nitrogens with one attached hydrogen (secondary N) is 2. The monoisotopic (exact) mass is 408 g/mol. The number of carbonyl (C=O) groups excluding carboxylic acids is 2. The molecule has 0 aromatic heterocycles. The molecule has 6 heteroatoms. The van der Waals surface area contributed by atoms with Gasteiger partial charge in [-0.25, -0.2) is 0 Å². The number of benzene rings is 3. The fraction of sp³-hybridized carbons (Fsp3) is 0.130. The Morgan fingerprint density at radius 3 is 2.24 bits per heavy atom. The lowest BCUT2D eigenvalue weighted by Gasteiger charge is -2.14. The summed E-state index contributed by atoms with van der Waals surface area (Å²) in [6.07, 6.45) is -0.660. The third kappa shape index (κ3) is 5.91. The Kier molecular flexibility index (Phi) is 7.00. The van der Waals surface area contributed by atoms with Gasteiger partial charge < -0.3 is 15.4 Å². The van der Waals surface area contributed by atoms with Crippen molar-refractivity contribution in [2.75, 3.05) is 10.6 Å². The van der Waals surface area contributed by atoms with Gasteiger partial charge in [-0.2, -0.15) is 0 Å². The van der Waals surface area contributed by atoms with Crippen molar-refractivity contribution in [3.8, 4) is 0 Å². The van der Waals surface area contributed by atoms with Gasteiger partial charge in [0, 0.05) is 11.4 Å². The molecule has 0 saturated carbocycles. The van der Waals surface area contributed by atoms with E-state index in [4.69, 9.17) is 16.3 Å². The highest BCUT2D eigenvalue weighted by Crippen LogP contribution is 2.22. The molecule has 0 spiro atoms. The molecule has 148 valence electrons.